The normalized spacial score (nSPS) is 9.67. The molecule has 0 aliphatic carbocycles. The molecule has 0 aliphatic heterocycles. The average molecular weight is 199 g/mol. The van der Waals surface area contributed by atoms with Crippen molar-refractivity contribution in [3.05, 3.63) is 42.2 Å². The smallest absolute Gasteiger partial charge is 0.238 e. The van der Waals surface area contributed by atoms with Crippen LogP contribution in [0.25, 0.3) is 5.69 Å². The van der Waals surface area contributed by atoms with Crippen LogP contribution in [-0.4, -0.2) is 15.9 Å². The van der Waals surface area contributed by atoms with Gasteiger partial charge >= 0.3 is 0 Å². The molecule has 0 N–H and O–H groups in total. The fourth-order valence-electron chi connectivity index (χ4n) is 1.35. The van der Waals surface area contributed by atoms with Crippen LogP contribution in [0.2, 0.25) is 0 Å². The molecule has 2 rings (SSSR count). The number of hydrogen-bond acceptors (Lipinski definition) is 3. The third-order valence-electron chi connectivity index (χ3n) is 2.01. The lowest BCUT2D eigenvalue weighted by atomic mass is 10.3. The first kappa shape index (κ1) is 9.37. The Kier molecular flexibility index (Phi) is 2.44. The molecular weight excluding hydrogens is 190 g/mol. The summed E-state index contributed by atoms with van der Waals surface area (Å²) < 4.78 is 1.69. The molecule has 0 unspecified atom stereocenters. The number of aryl methyl sites for hydroxylation is 1. The van der Waals surface area contributed by atoms with E-state index >= 15 is 0 Å². The van der Waals surface area contributed by atoms with Crippen molar-refractivity contribution < 1.29 is 4.79 Å². The Morgan fingerprint density at radius 1 is 1.40 bits per heavy atom. The summed E-state index contributed by atoms with van der Waals surface area (Å²) >= 11 is 0. The van der Waals surface area contributed by atoms with Crippen LogP contribution in [0.1, 0.15) is 5.56 Å². The summed E-state index contributed by atoms with van der Waals surface area (Å²) in [6, 6.07) is 7.28. The minimum atomic E-state index is 0.565. The molecule has 0 fully saturated rings. The molecule has 74 valence electrons. The van der Waals surface area contributed by atoms with Gasteiger partial charge in [0.05, 0.1) is 11.9 Å². The van der Waals surface area contributed by atoms with Crippen LogP contribution < -0.4 is 0 Å². The van der Waals surface area contributed by atoms with Crippen LogP contribution >= 0.6 is 0 Å². The lowest BCUT2D eigenvalue weighted by Gasteiger charge is -2.02. The topological polar surface area (TPSA) is 47.2 Å². The predicted molar refractivity (Wildman–Crippen MR) is 56.1 cm³/mol. The van der Waals surface area contributed by atoms with Gasteiger partial charge in [-0.25, -0.2) is 9.48 Å². The largest absolute Gasteiger partial charge is 0.240 e. The van der Waals surface area contributed by atoms with E-state index in [4.69, 9.17) is 0 Å². The number of isocyanates is 1. The number of hydrogen-bond donors (Lipinski definition) is 0. The SMILES string of the molecule is Cc1cnn(-c2ccccc2N=C=O)c1. The van der Waals surface area contributed by atoms with Crippen molar-refractivity contribution >= 4 is 11.8 Å². The maximum atomic E-state index is 10.2. The van der Waals surface area contributed by atoms with E-state index in [9.17, 15) is 4.79 Å². The summed E-state index contributed by atoms with van der Waals surface area (Å²) in [6.45, 7) is 1.95. The summed E-state index contributed by atoms with van der Waals surface area (Å²) in [5.74, 6) is 0. The molecule has 0 atom stereocenters. The zero-order chi connectivity index (χ0) is 10.7. The molecule has 0 spiro atoms. The summed E-state index contributed by atoms with van der Waals surface area (Å²) in [5, 5.41) is 4.16. The Hall–Kier alpha value is -2.19. The van der Waals surface area contributed by atoms with Crippen molar-refractivity contribution in [2.45, 2.75) is 6.92 Å². The first-order chi connectivity index (χ1) is 7.31. The first-order valence-electron chi connectivity index (χ1n) is 4.50. The van der Waals surface area contributed by atoms with E-state index in [0.717, 1.165) is 11.3 Å². The van der Waals surface area contributed by atoms with Crippen LogP contribution in [-0.2, 0) is 4.79 Å². The maximum absolute atomic E-state index is 10.2. The Labute approximate surface area is 86.9 Å². The van der Waals surface area contributed by atoms with Gasteiger partial charge in [0.2, 0.25) is 6.08 Å². The van der Waals surface area contributed by atoms with Gasteiger partial charge in [-0.1, -0.05) is 12.1 Å². The van der Waals surface area contributed by atoms with E-state index in [-0.39, 0.29) is 0 Å². The average Bonchev–Trinajstić information content (AvgIpc) is 2.66. The highest BCUT2D eigenvalue weighted by atomic mass is 16.1. The Balaban J connectivity index is 2.56. The summed E-state index contributed by atoms with van der Waals surface area (Å²) in [6.07, 6.45) is 5.16. The number of rotatable bonds is 2. The third kappa shape index (κ3) is 1.85. The third-order valence-corrected chi connectivity index (χ3v) is 2.01. The highest BCUT2D eigenvalue weighted by Gasteiger charge is 2.03. The summed E-state index contributed by atoms with van der Waals surface area (Å²) in [7, 11) is 0. The van der Waals surface area contributed by atoms with Crippen LogP contribution in [0.3, 0.4) is 0 Å². The zero-order valence-corrected chi connectivity index (χ0v) is 8.21. The molecule has 0 saturated carbocycles. The molecule has 2 aromatic rings. The number of aromatic nitrogens is 2. The fourth-order valence-corrected chi connectivity index (χ4v) is 1.35. The highest BCUT2D eigenvalue weighted by Crippen LogP contribution is 2.21. The van der Waals surface area contributed by atoms with Crippen LogP contribution in [0.5, 0.6) is 0 Å². The standard InChI is InChI=1S/C11H9N3O/c1-9-6-13-14(7-9)11-5-3-2-4-10(11)12-8-15/h2-7H,1H3. The summed E-state index contributed by atoms with van der Waals surface area (Å²) in [5.41, 5.74) is 2.39. The van der Waals surface area contributed by atoms with Crippen molar-refractivity contribution in [1.29, 1.82) is 0 Å². The molecule has 4 heteroatoms. The van der Waals surface area contributed by atoms with E-state index in [1.807, 2.05) is 31.3 Å². The van der Waals surface area contributed by atoms with Crippen LogP contribution in [0.4, 0.5) is 5.69 Å². The van der Waals surface area contributed by atoms with E-state index in [1.165, 1.54) is 6.08 Å². The lowest BCUT2D eigenvalue weighted by molar-refractivity contribution is 0.565. The molecule has 0 aliphatic rings. The fraction of sp³-hybridized carbons (Fsp3) is 0.0909. The second-order valence-electron chi connectivity index (χ2n) is 3.15. The van der Waals surface area contributed by atoms with Crippen molar-refractivity contribution in [1.82, 2.24) is 9.78 Å². The van der Waals surface area contributed by atoms with Gasteiger partial charge in [-0.05, 0) is 24.6 Å². The van der Waals surface area contributed by atoms with Gasteiger partial charge in [0.15, 0.2) is 0 Å². The van der Waals surface area contributed by atoms with Crippen LogP contribution in [0, 0.1) is 6.92 Å². The zero-order valence-electron chi connectivity index (χ0n) is 8.21. The van der Waals surface area contributed by atoms with Crippen molar-refractivity contribution in [3.8, 4) is 5.69 Å². The van der Waals surface area contributed by atoms with E-state index in [1.54, 1.807) is 16.9 Å². The molecular formula is C11H9N3O. The Bertz CT molecular complexity index is 524. The number of benzene rings is 1. The highest BCUT2D eigenvalue weighted by molar-refractivity contribution is 5.61. The molecule has 0 bridgehead atoms. The van der Waals surface area contributed by atoms with Gasteiger partial charge in [0.25, 0.3) is 0 Å². The second-order valence-corrected chi connectivity index (χ2v) is 3.15. The molecule has 1 aromatic carbocycles. The molecule has 4 nitrogen and oxygen atoms in total. The van der Waals surface area contributed by atoms with Crippen molar-refractivity contribution in [3.63, 3.8) is 0 Å². The minimum Gasteiger partial charge on any atom is -0.238 e. The minimum absolute atomic E-state index is 0.565. The Morgan fingerprint density at radius 2 is 2.20 bits per heavy atom. The number of para-hydroxylation sites is 2. The monoisotopic (exact) mass is 199 g/mol. The lowest BCUT2D eigenvalue weighted by Crippen LogP contribution is -1.93. The molecule has 0 saturated heterocycles. The van der Waals surface area contributed by atoms with Gasteiger partial charge in [-0.2, -0.15) is 10.1 Å². The van der Waals surface area contributed by atoms with Gasteiger partial charge in [0, 0.05) is 6.20 Å². The van der Waals surface area contributed by atoms with E-state index in [2.05, 4.69) is 10.1 Å². The van der Waals surface area contributed by atoms with Crippen molar-refractivity contribution in [2.24, 2.45) is 4.99 Å². The van der Waals surface area contributed by atoms with Gasteiger partial charge < -0.3 is 0 Å². The van der Waals surface area contributed by atoms with Gasteiger partial charge in [0.1, 0.15) is 5.69 Å². The molecule has 0 amide bonds. The van der Waals surface area contributed by atoms with Crippen LogP contribution in [0.15, 0.2) is 41.7 Å². The van der Waals surface area contributed by atoms with Gasteiger partial charge in [-0.15, -0.1) is 0 Å². The Morgan fingerprint density at radius 3 is 2.87 bits per heavy atom. The number of nitrogens with zero attached hydrogens (tertiary/aromatic N) is 3. The molecule has 0 radical (unpaired) electrons. The predicted octanol–water partition coefficient (Wildman–Crippen LogP) is 2.15. The molecule has 15 heavy (non-hydrogen) atoms. The van der Waals surface area contributed by atoms with E-state index in [0.29, 0.717) is 5.69 Å². The molecule has 1 aromatic heterocycles. The number of aliphatic imine (C=N–C) groups is 1. The quantitative estimate of drug-likeness (QED) is 0.549. The molecule has 1 heterocycles. The second kappa shape index (κ2) is 3.90. The van der Waals surface area contributed by atoms with Gasteiger partial charge in [-0.3, -0.25) is 0 Å². The van der Waals surface area contributed by atoms with Crippen molar-refractivity contribution in [2.75, 3.05) is 0 Å². The summed E-state index contributed by atoms with van der Waals surface area (Å²) in [4.78, 5) is 13.9. The first-order valence-corrected chi connectivity index (χ1v) is 4.50. The van der Waals surface area contributed by atoms with E-state index < -0.39 is 0 Å². The number of carbonyl (C=O) groups excluding carboxylic acids is 1. The maximum Gasteiger partial charge on any atom is 0.240 e.